The first-order valence-electron chi connectivity index (χ1n) is 9.35. The largest absolute Gasteiger partial charge is 0.456 e. The summed E-state index contributed by atoms with van der Waals surface area (Å²) in [4.78, 5) is 47.6. The Labute approximate surface area is 172 Å². The van der Waals surface area contributed by atoms with Gasteiger partial charge in [-0.2, -0.15) is 0 Å². The first-order chi connectivity index (χ1) is 14.2. The fourth-order valence-corrected chi connectivity index (χ4v) is 3.87. The zero-order chi connectivity index (χ0) is 22.0. The van der Waals surface area contributed by atoms with E-state index in [0.717, 1.165) is 0 Å². The molecule has 0 N–H and O–H groups in total. The zero-order valence-corrected chi connectivity index (χ0v) is 16.7. The monoisotopic (exact) mass is 422 g/mol. The van der Waals surface area contributed by atoms with Crippen LogP contribution in [0.4, 0.5) is 11.4 Å². The summed E-state index contributed by atoms with van der Waals surface area (Å²) >= 11 is 0. The van der Waals surface area contributed by atoms with Gasteiger partial charge >= 0.3 is 17.9 Å². The number of rotatable bonds is 5. The predicted octanol–water partition coefficient (Wildman–Crippen LogP) is 1.11. The lowest BCUT2D eigenvalue weighted by Crippen LogP contribution is -2.62. The average Bonchev–Trinajstić information content (AvgIpc) is 3.07. The van der Waals surface area contributed by atoms with Gasteiger partial charge in [0.15, 0.2) is 24.5 Å². The Morgan fingerprint density at radius 2 is 1.70 bits per heavy atom. The van der Waals surface area contributed by atoms with Crippen molar-refractivity contribution in [1.29, 1.82) is 0 Å². The Morgan fingerprint density at radius 1 is 1.07 bits per heavy atom. The van der Waals surface area contributed by atoms with Crippen molar-refractivity contribution >= 4 is 29.3 Å². The normalized spacial score (nSPS) is 25.2. The number of anilines is 1. The summed E-state index contributed by atoms with van der Waals surface area (Å²) in [5, 5.41) is 11.4. The minimum Gasteiger partial charge on any atom is -0.456 e. The Balaban J connectivity index is 1.97. The molecule has 0 radical (unpaired) electrons. The molecule has 0 aromatic heterocycles. The number of carbonyl (C=O) groups excluding carboxylic acids is 3. The zero-order valence-electron chi connectivity index (χ0n) is 16.7. The van der Waals surface area contributed by atoms with Gasteiger partial charge in [-0.25, -0.2) is 0 Å². The van der Waals surface area contributed by atoms with Gasteiger partial charge in [-0.15, -0.1) is 0 Å². The number of hydrogen-bond donors (Lipinski definition) is 0. The van der Waals surface area contributed by atoms with Gasteiger partial charge in [0.05, 0.1) is 17.1 Å². The standard InChI is InChI=1S/C19H22N2O9/c1-10(22)28-16-9-27-19(18(30-12(3)24)17(16)29-11(2)23)20-8-7-13-14(20)5-4-6-15(13)21(25)26/h4-6,16-19H,7-9H2,1-3H3/t16-,17+,18-,19-/m1/s1. The molecule has 11 nitrogen and oxygen atoms in total. The van der Waals surface area contributed by atoms with E-state index in [9.17, 15) is 24.5 Å². The van der Waals surface area contributed by atoms with E-state index in [1.807, 2.05) is 0 Å². The third kappa shape index (κ3) is 4.35. The molecule has 0 spiro atoms. The highest BCUT2D eigenvalue weighted by Crippen LogP contribution is 2.39. The van der Waals surface area contributed by atoms with Gasteiger partial charge < -0.3 is 23.8 Å². The number of fused-ring (bicyclic) bond motifs is 1. The molecule has 2 aliphatic rings. The van der Waals surface area contributed by atoms with E-state index in [0.29, 0.717) is 24.2 Å². The second kappa shape index (κ2) is 8.66. The summed E-state index contributed by atoms with van der Waals surface area (Å²) in [6.45, 7) is 3.84. The lowest BCUT2D eigenvalue weighted by Gasteiger charge is -2.44. The lowest BCUT2D eigenvalue weighted by atomic mass is 10.0. The number of nitro benzene ring substituents is 1. The number of benzene rings is 1. The van der Waals surface area contributed by atoms with Gasteiger partial charge in [-0.05, 0) is 12.5 Å². The molecule has 11 heteroatoms. The minimum absolute atomic E-state index is 0.0100. The molecule has 1 saturated heterocycles. The molecule has 162 valence electrons. The number of ether oxygens (including phenoxy) is 4. The van der Waals surface area contributed by atoms with Crippen molar-refractivity contribution in [2.75, 3.05) is 18.1 Å². The second-order valence-corrected chi connectivity index (χ2v) is 7.00. The molecular formula is C19H22N2O9. The van der Waals surface area contributed by atoms with Crippen molar-refractivity contribution in [3.8, 4) is 0 Å². The van der Waals surface area contributed by atoms with Crippen LogP contribution >= 0.6 is 0 Å². The number of nitro groups is 1. The van der Waals surface area contributed by atoms with Gasteiger partial charge in [-0.3, -0.25) is 24.5 Å². The second-order valence-electron chi connectivity index (χ2n) is 7.00. The molecule has 0 saturated carbocycles. The summed E-state index contributed by atoms with van der Waals surface area (Å²) < 4.78 is 21.9. The molecule has 0 bridgehead atoms. The smallest absolute Gasteiger partial charge is 0.303 e. The van der Waals surface area contributed by atoms with Crippen LogP contribution in [0.2, 0.25) is 0 Å². The molecule has 0 amide bonds. The Bertz CT molecular complexity index is 872. The van der Waals surface area contributed by atoms with E-state index >= 15 is 0 Å². The van der Waals surface area contributed by atoms with Crippen LogP contribution in [-0.2, 0) is 39.8 Å². The molecule has 30 heavy (non-hydrogen) atoms. The topological polar surface area (TPSA) is 135 Å². The van der Waals surface area contributed by atoms with Crippen molar-refractivity contribution in [1.82, 2.24) is 0 Å². The van der Waals surface area contributed by atoms with E-state index in [-0.39, 0.29) is 12.3 Å². The van der Waals surface area contributed by atoms with Gasteiger partial charge in [0.1, 0.15) is 0 Å². The Morgan fingerprint density at radius 3 is 2.30 bits per heavy atom. The molecule has 1 fully saturated rings. The third-order valence-electron chi connectivity index (χ3n) is 4.87. The highest BCUT2D eigenvalue weighted by atomic mass is 16.6. The highest BCUT2D eigenvalue weighted by molar-refractivity contribution is 5.69. The van der Waals surface area contributed by atoms with Gasteiger partial charge in [0.25, 0.3) is 5.69 Å². The summed E-state index contributed by atoms with van der Waals surface area (Å²) in [6, 6.07) is 4.69. The lowest BCUT2D eigenvalue weighted by molar-refractivity contribution is -0.385. The summed E-state index contributed by atoms with van der Waals surface area (Å²) in [7, 11) is 0. The van der Waals surface area contributed by atoms with Crippen LogP contribution < -0.4 is 4.90 Å². The van der Waals surface area contributed by atoms with Gasteiger partial charge in [-0.1, -0.05) is 6.07 Å². The first-order valence-corrected chi connectivity index (χ1v) is 9.35. The quantitative estimate of drug-likeness (QED) is 0.294. The van der Waals surface area contributed by atoms with Crippen LogP contribution in [0, 0.1) is 10.1 Å². The third-order valence-corrected chi connectivity index (χ3v) is 4.87. The maximum Gasteiger partial charge on any atom is 0.303 e. The number of esters is 3. The molecule has 0 aliphatic carbocycles. The Hall–Kier alpha value is -3.21. The molecule has 2 aliphatic heterocycles. The van der Waals surface area contributed by atoms with Crippen molar-refractivity contribution in [3.63, 3.8) is 0 Å². The molecule has 2 heterocycles. The molecule has 0 unspecified atom stereocenters. The SMILES string of the molecule is CC(=O)O[C@@H]1[C@@H](OC(C)=O)[C@H](OC(C)=O)CO[C@H]1N1CCc2c1cccc2[N+](=O)[O-]. The fourth-order valence-electron chi connectivity index (χ4n) is 3.87. The molecule has 1 aromatic carbocycles. The number of hydrogen-bond acceptors (Lipinski definition) is 10. The predicted molar refractivity (Wildman–Crippen MR) is 101 cm³/mol. The van der Waals surface area contributed by atoms with Gasteiger partial charge in [0.2, 0.25) is 0 Å². The van der Waals surface area contributed by atoms with Crippen LogP contribution in [-0.4, -0.2) is 60.5 Å². The highest BCUT2D eigenvalue weighted by Gasteiger charge is 2.50. The number of nitrogens with zero attached hydrogens (tertiary/aromatic N) is 2. The van der Waals surface area contributed by atoms with E-state index < -0.39 is 47.4 Å². The van der Waals surface area contributed by atoms with E-state index in [1.165, 1.54) is 26.8 Å². The molecule has 3 rings (SSSR count). The average molecular weight is 422 g/mol. The summed E-state index contributed by atoms with van der Waals surface area (Å²) in [6.07, 6.45) is -3.69. The summed E-state index contributed by atoms with van der Waals surface area (Å²) in [5.74, 6) is -1.90. The van der Waals surface area contributed by atoms with Crippen LogP contribution in [0.5, 0.6) is 0 Å². The van der Waals surface area contributed by atoms with E-state index in [2.05, 4.69) is 0 Å². The first kappa shape index (κ1) is 21.5. The van der Waals surface area contributed by atoms with Gasteiger partial charge in [0, 0.05) is 39.1 Å². The molecule has 1 aromatic rings. The molecule has 4 atom stereocenters. The van der Waals surface area contributed by atoms with Crippen LogP contribution in [0.25, 0.3) is 0 Å². The van der Waals surface area contributed by atoms with E-state index in [4.69, 9.17) is 18.9 Å². The van der Waals surface area contributed by atoms with Crippen LogP contribution in [0.1, 0.15) is 26.3 Å². The Kier molecular flexibility index (Phi) is 6.20. The van der Waals surface area contributed by atoms with Crippen molar-refractivity contribution in [2.24, 2.45) is 0 Å². The van der Waals surface area contributed by atoms with Crippen molar-refractivity contribution < 1.29 is 38.3 Å². The van der Waals surface area contributed by atoms with E-state index in [1.54, 1.807) is 17.0 Å². The number of carbonyl (C=O) groups is 3. The van der Waals surface area contributed by atoms with Crippen molar-refractivity contribution in [3.05, 3.63) is 33.9 Å². The van der Waals surface area contributed by atoms with Crippen LogP contribution in [0.15, 0.2) is 18.2 Å². The fraction of sp³-hybridized carbons (Fsp3) is 0.526. The summed E-state index contributed by atoms with van der Waals surface area (Å²) in [5.41, 5.74) is 1.10. The minimum atomic E-state index is -1.12. The van der Waals surface area contributed by atoms with Crippen LogP contribution in [0.3, 0.4) is 0 Å². The molecular weight excluding hydrogens is 400 g/mol. The van der Waals surface area contributed by atoms with Crippen molar-refractivity contribution in [2.45, 2.75) is 51.7 Å². The maximum atomic E-state index is 11.8. The maximum absolute atomic E-state index is 11.8.